The Bertz CT molecular complexity index is 828. The van der Waals surface area contributed by atoms with E-state index in [0.717, 1.165) is 42.5 Å². The molecule has 5 nitrogen and oxygen atoms in total. The molecule has 0 spiro atoms. The van der Waals surface area contributed by atoms with Gasteiger partial charge in [-0.15, -0.1) is 0 Å². The maximum absolute atomic E-state index is 12.0. The van der Waals surface area contributed by atoms with Crippen LogP contribution in [0.1, 0.15) is 24.3 Å². The summed E-state index contributed by atoms with van der Waals surface area (Å²) < 4.78 is 5.45. The Morgan fingerprint density at radius 3 is 2.95 bits per heavy atom. The summed E-state index contributed by atoms with van der Waals surface area (Å²) in [4.78, 5) is 22.2. The molecule has 0 aliphatic carbocycles. The summed E-state index contributed by atoms with van der Waals surface area (Å²) in [6, 6.07) is 6.10. The van der Waals surface area contributed by atoms with Crippen molar-refractivity contribution in [3.8, 4) is 0 Å². The highest BCUT2D eigenvalue weighted by atomic mass is 16.5. The lowest BCUT2D eigenvalue weighted by Crippen LogP contribution is -2.15. The molecule has 1 aliphatic rings. The maximum Gasteiger partial charge on any atom is 0.276 e. The molecule has 0 radical (unpaired) electrons. The third-order valence-electron chi connectivity index (χ3n) is 4.11. The van der Waals surface area contributed by atoms with Crippen molar-refractivity contribution in [1.82, 2.24) is 15.0 Å². The largest absolute Gasteiger partial charge is 0.381 e. The smallest absolute Gasteiger partial charge is 0.276 e. The number of benzene rings is 1. The molecule has 1 saturated heterocycles. The Morgan fingerprint density at radius 1 is 1.25 bits per heavy atom. The lowest BCUT2D eigenvalue weighted by molar-refractivity contribution is 0.0856. The van der Waals surface area contributed by atoms with E-state index in [1.807, 2.05) is 12.1 Å². The highest BCUT2D eigenvalue weighted by Gasteiger charge is 2.20. The topological polar surface area (TPSA) is 70.8 Å². The van der Waals surface area contributed by atoms with Gasteiger partial charge in [0.05, 0.1) is 17.4 Å². The van der Waals surface area contributed by atoms with Crippen molar-refractivity contribution < 1.29 is 4.74 Å². The van der Waals surface area contributed by atoms with Crippen molar-refractivity contribution in [2.75, 3.05) is 13.2 Å². The van der Waals surface area contributed by atoms with E-state index < -0.39 is 0 Å². The Balaban J connectivity index is 2.05. The van der Waals surface area contributed by atoms with Gasteiger partial charge < -0.3 is 14.7 Å². The number of nitrogens with zero attached hydrogens (tertiary/aromatic N) is 1. The number of H-pyrrole nitrogens is 2. The first kappa shape index (κ1) is 11.7. The maximum atomic E-state index is 12.0. The third-order valence-corrected chi connectivity index (χ3v) is 4.11. The fourth-order valence-corrected chi connectivity index (χ4v) is 3.14. The molecule has 4 rings (SSSR count). The summed E-state index contributed by atoms with van der Waals surface area (Å²) >= 11 is 0. The van der Waals surface area contributed by atoms with Gasteiger partial charge in [0, 0.05) is 18.6 Å². The van der Waals surface area contributed by atoms with E-state index in [-0.39, 0.29) is 5.56 Å². The third kappa shape index (κ3) is 1.67. The molecular formula is C15H15N3O2. The molecule has 2 aromatic heterocycles. The first-order chi connectivity index (χ1) is 9.84. The fraction of sp³-hybridized carbons (Fsp3) is 0.333. The molecule has 1 aromatic carbocycles. The minimum Gasteiger partial charge on any atom is -0.381 e. The van der Waals surface area contributed by atoms with Gasteiger partial charge in [-0.05, 0) is 30.4 Å². The number of fused-ring (bicyclic) bond motifs is 3. The minimum atomic E-state index is -0.141. The Hall–Kier alpha value is -2.14. The lowest BCUT2D eigenvalue weighted by Gasteiger charge is -2.23. The van der Waals surface area contributed by atoms with Gasteiger partial charge in [0.15, 0.2) is 5.52 Å². The zero-order chi connectivity index (χ0) is 13.5. The van der Waals surface area contributed by atoms with Crippen LogP contribution in [0.4, 0.5) is 0 Å². The van der Waals surface area contributed by atoms with E-state index in [1.165, 1.54) is 5.56 Å². The number of hydrogen-bond donors (Lipinski definition) is 2. The summed E-state index contributed by atoms with van der Waals surface area (Å²) in [5, 5.41) is 1.09. The number of hydrogen-bond acceptors (Lipinski definition) is 3. The first-order valence-corrected chi connectivity index (χ1v) is 6.90. The summed E-state index contributed by atoms with van der Waals surface area (Å²) in [6.07, 6.45) is 3.63. The molecule has 0 bridgehead atoms. The van der Waals surface area contributed by atoms with Crippen molar-refractivity contribution in [1.29, 1.82) is 0 Å². The van der Waals surface area contributed by atoms with Gasteiger partial charge in [0.1, 0.15) is 0 Å². The highest BCUT2D eigenvalue weighted by Crippen LogP contribution is 2.33. The van der Waals surface area contributed by atoms with Crippen LogP contribution < -0.4 is 5.56 Å². The quantitative estimate of drug-likeness (QED) is 0.712. The molecule has 0 unspecified atom stereocenters. The van der Waals surface area contributed by atoms with Gasteiger partial charge in [-0.25, -0.2) is 4.98 Å². The Kier molecular flexibility index (Phi) is 2.60. The molecular weight excluding hydrogens is 254 g/mol. The van der Waals surface area contributed by atoms with E-state index in [0.29, 0.717) is 11.4 Å². The SMILES string of the molecule is O=c1[nH]c2cccc(C3CCOCC3)c2c2[nH]cnc12. The number of aromatic nitrogens is 3. The standard InChI is InChI=1S/C15H15N3O2/c19-15-14-13(16-8-17-14)12-10(2-1-3-11(12)18-15)9-4-6-20-7-5-9/h1-3,8-9H,4-7H2,(H,16,17)(H,18,19). The Labute approximate surface area is 115 Å². The number of imidazole rings is 1. The van der Waals surface area contributed by atoms with Crippen LogP contribution in [-0.2, 0) is 4.74 Å². The predicted molar refractivity (Wildman–Crippen MR) is 77.0 cm³/mol. The van der Waals surface area contributed by atoms with Crippen LogP contribution in [0.2, 0.25) is 0 Å². The average molecular weight is 269 g/mol. The second-order valence-electron chi connectivity index (χ2n) is 5.24. The van der Waals surface area contributed by atoms with Crippen LogP contribution in [0.5, 0.6) is 0 Å². The molecule has 3 aromatic rings. The van der Waals surface area contributed by atoms with Gasteiger partial charge in [-0.3, -0.25) is 4.79 Å². The van der Waals surface area contributed by atoms with E-state index in [1.54, 1.807) is 6.33 Å². The van der Waals surface area contributed by atoms with Crippen LogP contribution in [-0.4, -0.2) is 28.2 Å². The van der Waals surface area contributed by atoms with Crippen molar-refractivity contribution in [3.05, 3.63) is 40.4 Å². The van der Waals surface area contributed by atoms with Crippen molar-refractivity contribution in [3.63, 3.8) is 0 Å². The number of rotatable bonds is 1. The Morgan fingerprint density at radius 2 is 2.10 bits per heavy atom. The van der Waals surface area contributed by atoms with Crippen molar-refractivity contribution in [2.45, 2.75) is 18.8 Å². The molecule has 2 N–H and O–H groups in total. The molecule has 1 aliphatic heterocycles. The van der Waals surface area contributed by atoms with Gasteiger partial charge in [-0.1, -0.05) is 12.1 Å². The second kappa shape index (κ2) is 4.45. The molecule has 3 heterocycles. The second-order valence-corrected chi connectivity index (χ2v) is 5.24. The van der Waals surface area contributed by atoms with Crippen molar-refractivity contribution in [2.24, 2.45) is 0 Å². The molecule has 0 atom stereocenters. The van der Waals surface area contributed by atoms with Gasteiger partial charge >= 0.3 is 0 Å². The lowest BCUT2D eigenvalue weighted by atomic mass is 9.88. The molecule has 0 amide bonds. The summed E-state index contributed by atoms with van der Waals surface area (Å²) in [7, 11) is 0. The average Bonchev–Trinajstić information content (AvgIpc) is 2.98. The molecule has 1 fully saturated rings. The van der Waals surface area contributed by atoms with E-state index in [4.69, 9.17) is 4.74 Å². The van der Waals surface area contributed by atoms with Crippen LogP contribution in [0.3, 0.4) is 0 Å². The number of aromatic amines is 2. The van der Waals surface area contributed by atoms with Crippen LogP contribution in [0.15, 0.2) is 29.3 Å². The zero-order valence-corrected chi connectivity index (χ0v) is 11.0. The van der Waals surface area contributed by atoms with E-state index in [9.17, 15) is 4.79 Å². The van der Waals surface area contributed by atoms with Gasteiger partial charge in [0.2, 0.25) is 0 Å². The van der Waals surface area contributed by atoms with E-state index in [2.05, 4.69) is 21.0 Å². The monoisotopic (exact) mass is 269 g/mol. The number of pyridine rings is 1. The summed E-state index contributed by atoms with van der Waals surface area (Å²) in [5.74, 6) is 0.477. The molecule has 20 heavy (non-hydrogen) atoms. The highest BCUT2D eigenvalue weighted by molar-refractivity contribution is 6.03. The van der Waals surface area contributed by atoms with Crippen molar-refractivity contribution >= 4 is 21.9 Å². The minimum absolute atomic E-state index is 0.141. The van der Waals surface area contributed by atoms with Crippen LogP contribution in [0, 0.1) is 0 Å². The van der Waals surface area contributed by atoms with Crippen LogP contribution in [0.25, 0.3) is 21.9 Å². The fourth-order valence-electron chi connectivity index (χ4n) is 3.14. The van der Waals surface area contributed by atoms with E-state index >= 15 is 0 Å². The predicted octanol–water partition coefficient (Wildman–Crippen LogP) is 2.30. The van der Waals surface area contributed by atoms with Gasteiger partial charge in [-0.2, -0.15) is 0 Å². The summed E-state index contributed by atoms with van der Waals surface area (Å²) in [5.41, 5.74) is 3.33. The molecule has 0 saturated carbocycles. The van der Waals surface area contributed by atoms with Gasteiger partial charge in [0.25, 0.3) is 5.56 Å². The molecule has 5 heteroatoms. The normalized spacial score (nSPS) is 17.0. The number of nitrogens with one attached hydrogen (secondary N) is 2. The van der Waals surface area contributed by atoms with Crippen LogP contribution >= 0.6 is 0 Å². The first-order valence-electron chi connectivity index (χ1n) is 6.90. The summed E-state index contributed by atoms with van der Waals surface area (Å²) in [6.45, 7) is 1.60. The zero-order valence-electron chi connectivity index (χ0n) is 11.0. The number of ether oxygens (including phenoxy) is 1. The molecule has 102 valence electrons.